The quantitative estimate of drug-likeness (QED) is 0.528. The van der Waals surface area contributed by atoms with E-state index in [9.17, 15) is 9.18 Å². The molecule has 0 atom stereocenters. The van der Waals surface area contributed by atoms with Gasteiger partial charge in [0.2, 0.25) is 5.91 Å². The fourth-order valence-corrected chi connectivity index (χ4v) is 1.95. The smallest absolute Gasteiger partial charge is 0.224 e. The highest BCUT2D eigenvalue weighted by atomic mass is 19.1. The molecule has 0 fully saturated rings. The largest absolute Gasteiger partial charge is 0.369 e. The van der Waals surface area contributed by atoms with E-state index in [2.05, 4.69) is 15.6 Å². The lowest BCUT2D eigenvalue weighted by atomic mass is 9.93. The SMILES string of the molecule is CCNC(=NCC(C)(C)C(N)=O)NCCc1ccc(F)cc1C. The minimum absolute atomic E-state index is 0.220. The third kappa shape index (κ3) is 6.26. The van der Waals surface area contributed by atoms with Crippen LogP contribution in [0.3, 0.4) is 0 Å². The second-order valence-electron chi connectivity index (χ2n) is 6.19. The second-order valence-corrected chi connectivity index (χ2v) is 6.19. The van der Waals surface area contributed by atoms with Gasteiger partial charge >= 0.3 is 0 Å². The number of rotatable bonds is 7. The van der Waals surface area contributed by atoms with Gasteiger partial charge in [0.15, 0.2) is 5.96 Å². The van der Waals surface area contributed by atoms with Crippen LogP contribution < -0.4 is 16.4 Å². The lowest BCUT2D eigenvalue weighted by Gasteiger charge is -2.19. The first-order chi connectivity index (χ1) is 10.8. The number of halogens is 1. The van der Waals surface area contributed by atoms with Crippen molar-refractivity contribution in [2.24, 2.45) is 16.1 Å². The maximum absolute atomic E-state index is 13.1. The van der Waals surface area contributed by atoms with Crippen molar-refractivity contribution < 1.29 is 9.18 Å². The zero-order chi connectivity index (χ0) is 17.5. The number of nitrogens with two attached hydrogens (primary N) is 1. The summed E-state index contributed by atoms with van der Waals surface area (Å²) in [6, 6.07) is 4.80. The zero-order valence-electron chi connectivity index (χ0n) is 14.4. The Morgan fingerprint density at radius 2 is 2.04 bits per heavy atom. The molecule has 0 unspecified atom stereocenters. The fourth-order valence-electron chi connectivity index (χ4n) is 1.95. The fraction of sp³-hybridized carbons (Fsp3) is 0.529. The van der Waals surface area contributed by atoms with Gasteiger partial charge in [0.1, 0.15) is 5.82 Å². The minimum Gasteiger partial charge on any atom is -0.369 e. The number of amides is 1. The van der Waals surface area contributed by atoms with Crippen LogP contribution in [-0.4, -0.2) is 31.5 Å². The highest BCUT2D eigenvalue weighted by molar-refractivity contribution is 5.82. The van der Waals surface area contributed by atoms with Crippen LogP contribution in [0.1, 0.15) is 31.9 Å². The van der Waals surface area contributed by atoms with Gasteiger partial charge in [-0.2, -0.15) is 0 Å². The number of nitrogens with zero attached hydrogens (tertiary/aromatic N) is 1. The first-order valence-electron chi connectivity index (χ1n) is 7.83. The Labute approximate surface area is 137 Å². The molecular formula is C17H27FN4O. The number of carbonyl (C=O) groups excluding carboxylic acids is 1. The molecule has 23 heavy (non-hydrogen) atoms. The van der Waals surface area contributed by atoms with E-state index in [-0.39, 0.29) is 11.7 Å². The molecule has 0 saturated carbocycles. The number of aliphatic imine (C=N–C) groups is 1. The molecule has 4 N–H and O–H groups in total. The third-order valence-electron chi connectivity index (χ3n) is 3.64. The number of carbonyl (C=O) groups is 1. The molecule has 0 saturated heterocycles. The van der Waals surface area contributed by atoms with Crippen molar-refractivity contribution >= 4 is 11.9 Å². The summed E-state index contributed by atoms with van der Waals surface area (Å²) in [5.41, 5.74) is 6.70. The van der Waals surface area contributed by atoms with Crippen molar-refractivity contribution in [3.8, 4) is 0 Å². The van der Waals surface area contributed by atoms with Gasteiger partial charge in [-0.25, -0.2) is 4.39 Å². The van der Waals surface area contributed by atoms with E-state index in [1.165, 1.54) is 12.1 Å². The molecule has 0 aliphatic heterocycles. The van der Waals surface area contributed by atoms with Gasteiger partial charge in [-0.1, -0.05) is 6.07 Å². The Bertz CT molecular complexity index is 570. The molecule has 0 heterocycles. The maximum Gasteiger partial charge on any atom is 0.224 e. The van der Waals surface area contributed by atoms with E-state index in [4.69, 9.17) is 5.73 Å². The van der Waals surface area contributed by atoms with E-state index in [1.54, 1.807) is 19.9 Å². The van der Waals surface area contributed by atoms with Crippen LogP contribution in [0.25, 0.3) is 0 Å². The van der Waals surface area contributed by atoms with Crippen molar-refractivity contribution in [1.82, 2.24) is 10.6 Å². The average Bonchev–Trinajstić information content (AvgIpc) is 2.46. The predicted octanol–water partition coefficient (Wildman–Crippen LogP) is 1.74. The normalized spacial score (nSPS) is 12.1. The second kappa shape index (κ2) is 8.50. The number of guanidine groups is 1. The molecule has 128 valence electrons. The number of aryl methyl sites for hydroxylation is 1. The van der Waals surface area contributed by atoms with Crippen LogP contribution in [-0.2, 0) is 11.2 Å². The van der Waals surface area contributed by atoms with Crippen LogP contribution in [0.15, 0.2) is 23.2 Å². The third-order valence-corrected chi connectivity index (χ3v) is 3.64. The maximum atomic E-state index is 13.1. The Morgan fingerprint density at radius 1 is 1.35 bits per heavy atom. The van der Waals surface area contributed by atoms with Crippen LogP contribution >= 0.6 is 0 Å². The molecule has 0 aliphatic carbocycles. The monoisotopic (exact) mass is 322 g/mol. The van der Waals surface area contributed by atoms with Crippen molar-refractivity contribution in [3.63, 3.8) is 0 Å². The Morgan fingerprint density at radius 3 is 2.61 bits per heavy atom. The van der Waals surface area contributed by atoms with E-state index in [0.717, 1.165) is 24.1 Å². The van der Waals surface area contributed by atoms with E-state index in [1.807, 2.05) is 13.8 Å². The Balaban J connectivity index is 2.61. The summed E-state index contributed by atoms with van der Waals surface area (Å²) in [6.07, 6.45) is 0.760. The average molecular weight is 322 g/mol. The molecule has 0 radical (unpaired) electrons. The highest BCUT2D eigenvalue weighted by Gasteiger charge is 2.24. The first-order valence-corrected chi connectivity index (χ1v) is 7.83. The Hall–Kier alpha value is -2.11. The van der Waals surface area contributed by atoms with Crippen molar-refractivity contribution in [2.45, 2.75) is 34.1 Å². The van der Waals surface area contributed by atoms with Crippen molar-refractivity contribution in [2.75, 3.05) is 19.6 Å². The molecule has 6 heteroatoms. The summed E-state index contributed by atoms with van der Waals surface area (Å²) in [7, 11) is 0. The number of hydrogen-bond donors (Lipinski definition) is 3. The summed E-state index contributed by atoms with van der Waals surface area (Å²) in [6.45, 7) is 9.10. The Kier molecular flexibility index (Phi) is 7.00. The van der Waals surface area contributed by atoms with Crippen molar-refractivity contribution in [1.29, 1.82) is 0 Å². The molecule has 1 amide bonds. The first kappa shape index (κ1) is 18.9. The van der Waals surface area contributed by atoms with Gasteiger partial charge in [-0.05, 0) is 57.4 Å². The van der Waals surface area contributed by atoms with E-state index >= 15 is 0 Å². The molecule has 0 aliphatic rings. The summed E-state index contributed by atoms with van der Waals surface area (Å²) in [5.74, 6) is 0.0448. The summed E-state index contributed by atoms with van der Waals surface area (Å²) in [5, 5.41) is 6.35. The predicted molar refractivity (Wildman–Crippen MR) is 91.8 cm³/mol. The van der Waals surface area contributed by atoms with Gasteiger partial charge in [0.05, 0.1) is 12.0 Å². The van der Waals surface area contributed by atoms with Gasteiger partial charge in [0, 0.05) is 13.1 Å². The van der Waals surface area contributed by atoms with E-state index < -0.39 is 5.41 Å². The molecule has 0 bridgehead atoms. The number of hydrogen-bond acceptors (Lipinski definition) is 2. The molecule has 0 aromatic heterocycles. The lowest BCUT2D eigenvalue weighted by Crippen LogP contribution is -2.40. The highest BCUT2D eigenvalue weighted by Crippen LogP contribution is 2.14. The molecule has 1 aromatic carbocycles. The zero-order valence-corrected chi connectivity index (χ0v) is 14.4. The van der Waals surface area contributed by atoms with Crippen molar-refractivity contribution in [3.05, 3.63) is 35.1 Å². The summed E-state index contributed by atoms with van der Waals surface area (Å²) >= 11 is 0. The number of primary amides is 1. The lowest BCUT2D eigenvalue weighted by molar-refractivity contribution is -0.125. The summed E-state index contributed by atoms with van der Waals surface area (Å²) in [4.78, 5) is 15.7. The van der Waals surface area contributed by atoms with E-state index in [0.29, 0.717) is 19.0 Å². The van der Waals surface area contributed by atoms with Crippen LogP contribution in [0.4, 0.5) is 4.39 Å². The van der Waals surface area contributed by atoms with Gasteiger partial charge in [0.25, 0.3) is 0 Å². The minimum atomic E-state index is -0.685. The van der Waals surface area contributed by atoms with Gasteiger partial charge in [-0.15, -0.1) is 0 Å². The van der Waals surface area contributed by atoms with Crippen LogP contribution in [0, 0.1) is 18.2 Å². The molecule has 0 spiro atoms. The summed E-state index contributed by atoms with van der Waals surface area (Å²) < 4.78 is 13.1. The standard InChI is InChI=1S/C17H27FN4O/c1-5-20-16(22-11-17(3,4)15(19)23)21-9-8-13-6-7-14(18)10-12(13)2/h6-7,10H,5,8-9,11H2,1-4H3,(H2,19,23)(H2,20,21,22). The number of benzene rings is 1. The molecule has 5 nitrogen and oxygen atoms in total. The van der Waals surface area contributed by atoms with Gasteiger partial charge in [-0.3, -0.25) is 9.79 Å². The molecule has 1 rings (SSSR count). The molecular weight excluding hydrogens is 295 g/mol. The molecule has 1 aromatic rings. The van der Waals surface area contributed by atoms with Gasteiger partial charge < -0.3 is 16.4 Å². The topological polar surface area (TPSA) is 79.5 Å². The van der Waals surface area contributed by atoms with Crippen LogP contribution in [0.5, 0.6) is 0 Å². The van der Waals surface area contributed by atoms with Crippen LogP contribution in [0.2, 0.25) is 0 Å². The number of nitrogens with one attached hydrogen (secondary N) is 2.